The Hall–Kier alpha value is -3.78. The quantitative estimate of drug-likeness (QED) is 0.145. The van der Waals surface area contributed by atoms with Gasteiger partial charge in [0.2, 0.25) is 0 Å². The number of aromatic nitrogens is 3. The highest BCUT2D eigenvalue weighted by Gasteiger charge is 2.59. The lowest BCUT2D eigenvalue weighted by molar-refractivity contribution is -0.179. The molecular formula is C35H52BFN6O6. The number of nitrogens with two attached hydrogens (primary N) is 1. The second kappa shape index (κ2) is 15.0. The van der Waals surface area contributed by atoms with Crippen molar-refractivity contribution in [2.24, 2.45) is 11.8 Å². The van der Waals surface area contributed by atoms with Crippen molar-refractivity contribution in [2.45, 2.75) is 109 Å². The predicted octanol–water partition coefficient (Wildman–Crippen LogP) is 3.76. The first-order valence-electron chi connectivity index (χ1n) is 17.1. The summed E-state index contributed by atoms with van der Waals surface area (Å²) in [5.74, 6) is -3.34. The summed E-state index contributed by atoms with van der Waals surface area (Å²) in [4.78, 5) is 42.1. The van der Waals surface area contributed by atoms with Crippen LogP contribution < -0.4 is 11.1 Å². The summed E-state index contributed by atoms with van der Waals surface area (Å²) >= 11 is 0. The summed E-state index contributed by atoms with van der Waals surface area (Å²) in [6, 6.07) is 6.45. The number of ether oxygens (including phenoxy) is 3. The minimum atomic E-state index is -2.92. The Morgan fingerprint density at radius 2 is 1.86 bits per heavy atom. The van der Waals surface area contributed by atoms with Gasteiger partial charge < -0.3 is 25.3 Å². The number of alkyl halides is 1. The number of allylic oxidation sites excluding steroid dienone is 1. The van der Waals surface area contributed by atoms with Crippen LogP contribution in [0.5, 0.6) is 0 Å². The molecule has 0 spiro atoms. The van der Waals surface area contributed by atoms with Crippen LogP contribution in [-0.2, 0) is 30.3 Å². The zero-order chi connectivity index (χ0) is 36.3. The minimum absolute atomic E-state index is 0.0800. The molecular weight excluding hydrogens is 630 g/mol. The van der Waals surface area contributed by atoms with Crippen molar-refractivity contribution in [2.75, 3.05) is 25.9 Å². The Bertz CT molecular complexity index is 1540. The van der Waals surface area contributed by atoms with Crippen molar-refractivity contribution in [1.29, 1.82) is 0 Å². The number of hydrogen-bond acceptors (Lipinski definition) is 10. The molecule has 1 aromatic carbocycles. The number of rotatable bonds is 7. The summed E-state index contributed by atoms with van der Waals surface area (Å²) in [5, 5.41) is 12.0. The van der Waals surface area contributed by atoms with E-state index < -0.39 is 58.6 Å². The number of hydrogen-bond donors (Lipinski definition) is 2. The SMILES string of the molecule is B[C@@H]1[C@@H](C)C(=O)[C@](C)(F)C(=O)O[C@H](CC)[C@@]2(C)OC(=O)N(C/C=C/Cn3cc(-c4cccc(N)c4)nn3)[C@@H]2[C@@H](C)NC[C@H](C)C[C@@]1(C)OC. The molecule has 0 unspecified atom stereocenters. The van der Waals surface area contributed by atoms with E-state index >= 15 is 4.39 Å². The van der Waals surface area contributed by atoms with E-state index in [-0.39, 0.29) is 24.9 Å². The molecule has 1 amide bonds. The Labute approximate surface area is 289 Å². The maximum absolute atomic E-state index is 16.2. The summed E-state index contributed by atoms with van der Waals surface area (Å²) < 4.78 is 35.7. The highest BCUT2D eigenvalue weighted by atomic mass is 19.1. The van der Waals surface area contributed by atoms with Gasteiger partial charge in [-0.3, -0.25) is 9.69 Å². The first-order chi connectivity index (χ1) is 23.0. The van der Waals surface area contributed by atoms with Gasteiger partial charge in [-0.05, 0) is 70.9 Å². The minimum Gasteiger partial charge on any atom is -0.455 e. The van der Waals surface area contributed by atoms with E-state index in [1.165, 1.54) is 0 Å². The van der Waals surface area contributed by atoms with Crippen molar-refractivity contribution in [1.82, 2.24) is 25.2 Å². The van der Waals surface area contributed by atoms with Crippen molar-refractivity contribution in [3.8, 4) is 11.3 Å². The fourth-order valence-corrected chi connectivity index (χ4v) is 7.38. The molecule has 2 fully saturated rings. The molecule has 2 saturated heterocycles. The molecule has 3 heterocycles. The number of methoxy groups -OCH3 is 1. The van der Waals surface area contributed by atoms with Gasteiger partial charge in [0.25, 0.3) is 5.67 Å². The normalized spacial score (nSPS) is 35.0. The van der Waals surface area contributed by atoms with E-state index in [0.717, 1.165) is 12.5 Å². The monoisotopic (exact) mass is 682 g/mol. The fourth-order valence-electron chi connectivity index (χ4n) is 7.38. The molecule has 2 aromatic rings. The smallest absolute Gasteiger partial charge is 0.411 e. The number of halogens is 1. The molecule has 9 atom stereocenters. The second-order valence-electron chi connectivity index (χ2n) is 14.3. The van der Waals surface area contributed by atoms with Gasteiger partial charge in [0.05, 0.1) is 24.4 Å². The zero-order valence-electron chi connectivity index (χ0n) is 30.2. The summed E-state index contributed by atoms with van der Waals surface area (Å²) in [7, 11) is 3.43. The summed E-state index contributed by atoms with van der Waals surface area (Å²) in [6.45, 7) is 13.2. The van der Waals surface area contributed by atoms with Crippen LogP contribution in [0.4, 0.5) is 14.9 Å². The van der Waals surface area contributed by atoms with Gasteiger partial charge >= 0.3 is 12.1 Å². The van der Waals surface area contributed by atoms with Crippen LogP contribution in [-0.4, -0.2) is 101 Å². The van der Waals surface area contributed by atoms with Crippen LogP contribution in [0.2, 0.25) is 5.82 Å². The van der Waals surface area contributed by atoms with E-state index in [1.54, 1.807) is 43.5 Å². The number of amides is 1. The molecule has 0 radical (unpaired) electrons. The maximum Gasteiger partial charge on any atom is 0.411 e. The number of nitrogens with one attached hydrogen (secondary N) is 1. The third-order valence-electron chi connectivity index (χ3n) is 10.7. The van der Waals surface area contributed by atoms with E-state index in [1.807, 2.05) is 58.2 Å². The summed E-state index contributed by atoms with van der Waals surface area (Å²) in [5.41, 5.74) is 3.03. The molecule has 12 nitrogen and oxygen atoms in total. The molecule has 1 aromatic heterocycles. The molecule has 2 aliphatic rings. The Balaban J connectivity index is 1.61. The maximum atomic E-state index is 16.2. The van der Waals surface area contributed by atoms with Gasteiger partial charge in [-0.1, -0.05) is 50.3 Å². The largest absolute Gasteiger partial charge is 0.455 e. The van der Waals surface area contributed by atoms with Crippen molar-refractivity contribution in [3.63, 3.8) is 0 Å². The molecule has 14 heteroatoms. The topological polar surface area (TPSA) is 151 Å². The molecule has 2 aliphatic heterocycles. The number of Topliss-reactive ketones (excluding diaryl/α,β-unsaturated/α-hetero) is 1. The lowest BCUT2D eigenvalue weighted by atomic mass is 9.62. The van der Waals surface area contributed by atoms with Crippen LogP contribution in [0.15, 0.2) is 42.6 Å². The zero-order valence-corrected chi connectivity index (χ0v) is 30.2. The van der Waals surface area contributed by atoms with Gasteiger partial charge in [0, 0.05) is 36.9 Å². The molecule has 3 N–H and O–H groups in total. The van der Waals surface area contributed by atoms with Gasteiger partial charge in [-0.15, -0.1) is 5.10 Å². The van der Waals surface area contributed by atoms with Gasteiger partial charge in [0.1, 0.15) is 19.6 Å². The lowest BCUT2D eigenvalue weighted by Gasteiger charge is -2.41. The van der Waals surface area contributed by atoms with Crippen LogP contribution >= 0.6 is 0 Å². The van der Waals surface area contributed by atoms with Crippen LogP contribution in [0.25, 0.3) is 11.3 Å². The van der Waals surface area contributed by atoms with Crippen molar-refractivity contribution < 1.29 is 33.0 Å². The molecule has 4 rings (SSSR count). The Kier molecular flexibility index (Phi) is 11.6. The number of cyclic esters (lactones) is 1. The average Bonchev–Trinajstić information content (AvgIpc) is 3.64. The number of nitrogen functional groups attached to an aromatic ring is 1. The average molecular weight is 683 g/mol. The van der Waals surface area contributed by atoms with E-state index in [2.05, 4.69) is 22.6 Å². The standard InChI is InChI=1S/C35H52BFN6O6/c1-9-27-35(7)29(43(32(46)49-35)16-11-10-15-42-20-26(40-41-42)24-13-12-14-25(38)17-24)23(4)39-19-21(2)18-33(5,47-8)28(36)22(3)30(44)34(6,37)31(45)48-27/h10-14,17,20-23,27-29,39H,9,15-16,18-19,36,38H2,1-8H3/b11-10+/t21-,22-,23-,27-,28-,29-,33-,34+,35-/m1/s1. The van der Waals surface area contributed by atoms with Gasteiger partial charge in [-0.25, -0.2) is 18.7 Å². The number of anilines is 1. The number of carbonyl (C=O) groups excluding carboxylic acids is 3. The highest BCUT2D eigenvalue weighted by Crippen LogP contribution is 2.41. The number of benzene rings is 1. The van der Waals surface area contributed by atoms with Crippen molar-refractivity contribution >= 4 is 31.4 Å². The number of carbonyl (C=O) groups is 3. The third-order valence-corrected chi connectivity index (χ3v) is 10.7. The van der Waals surface area contributed by atoms with E-state index in [4.69, 9.17) is 19.9 Å². The lowest BCUT2D eigenvalue weighted by Crippen LogP contribution is -2.61. The van der Waals surface area contributed by atoms with E-state index in [0.29, 0.717) is 30.9 Å². The van der Waals surface area contributed by atoms with Crippen LogP contribution in [0, 0.1) is 11.8 Å². The summed E-state index contributed by atoms with van der Waals surface area (Å²) in [6.07, 6.45) is 4.70. The molecule has 49 heavy (non-hydrogen) atoms. The Morgan fingerprint density at radius 3 is 2.51 bits per heavy atom. The Morgan fingerprint density at radius 1 is 1.16 bits per heavy atom. The number of nitrogens with zero attached hydrogens (tertiary/aromatic N) is 4. The number of fused-ring (bicyclic) bond motifs is 1. The van der Waals surface area contributed by atoms with Crippen molar-refractivity contribution in [3.05, 3.63) is 42.6 Å². The number of ketones is 1. The molecule has 0 aliphatic carbocycles. The fraction of sp³-hybridized carbons (Fsp3) is 0.629. The first-order valence-corrected chi connectivity index (χ1v) is 17.1. The molecule has 0 bridgehead atoms. The second-order valence-corrected chi connectivity index (χ2v) is 14.3. The molecule has 268 valence electrons. The van der Waals surface area contributed by atoms with Gasteiger partial charge in [0.15, 0.2) is 11.4 Å². The number of esters is 1. The highest BCUT2D eigenvalue weighted by molar-refractivity contribution is 6.17. The predicted molar refractivity (Wildman–Crippen MR) is 187 cm³/mol. The third kappa shape index (κ3) is 7.85. The first kappa shape index (κ1) is 38.0. The van der Waals surface area contributed by atoms with E-state index in [9.17, 15) is 14.4 Å². The van der Waals surface area contributed by atoms with Crippen LogP contribution in [0.3, 0.4) is 0 Å². The van der Waals surface area contributed by atoms with Gasteiger partial charge in [-0.2, -0.15) is 0 Å². The van der Waals surface area contributed by atoms with Crippen LogP contribution in [0.1, 0.15) is 61.3 Å². The molecule has 0 saturated carbocycles.